The minimum Gasteiger partial charge on any atom is -0.344 e. The van der Waals surface area contributed by atoms with Crippen molar-refractivity contribution in [3.8, 4) is 0 Å². The summed E-state index contributed by atoms with van der Waals surface area (Å²) in [5, 5.41) is 0. The second-order valence-corrected chi connectivity index (χ2v) is 4.42. The Morgan fingerprint density at radius 3 is 2.15 bits per heavy atom. The zero-order valence-electron chi connectivity index (χ0n) is 12.6. The fourth-order valence-corrected chi connectivity index (χ4v) is 2.03. The molecule has 0 fully saturated rings. The number of allylic oxidation sites excluding steroid dienone is 7. The number of likely N-dealkylation sites (N-methyl/N-ethyl adjacent to an activating group) is 1. The Labute approximate surface area is 122 Å². The van der Waals surface area contributed by atoms with Gasteiger partial charge in [0.1, 0.15) is 0 Å². The highest BCUT2D eigenvalue weighted by molar-refractivity contribution is 5.60. The maximum absolute atomic E-state index is 4.14. The monoisotopic (exact) mass is 265 g/mol. The van der Waals surface area contributed by atoms with Gasteiger partial charge in [-0.25, -0.2) is 0 Å². The van der Waals surface area contributed by atoms with Crippen LogP contribution in [0.4, 0.5) is 5.69 Å². The minimum atomic E-state index is 0.975. The quantitative estimate of drug-likeness (QED) is 0.633. The van der Waals surface area contributed by atoms with E-state index in [0.29, 0.717) is 0 Å². The molecule has 0 aliphatic heterocycles. The highest BCUT2D eigenvalue weighted by Crippen LogP contribution is 2.24. The van der Waals surface area contributed by atoms with E-state index in [-0.39, 0.29) is 0 Å². The Kier molecular flexibility index (Phi) is 6.31. The first-order chi connectivity index (χ1) is 9.65. The Bertz CT molecular complexity index is 544. The Morgan fingerprint density at radius 2 is 1.65 bits per heavy atom. The summed E-state index contributed by atoms with van der Waals surface area (Å²) in [5.41, 5.74) is 4.21. The molecule has 0 heterocycles. The predicted octanol–water partition coefficient (Wildman–Crippen LogP) is 5.27. The van der Waals surface area contributed by atoms with Crippen molar-refractivity contribution >= 4 is 5.69 Å². The summed E-state index contributed by atoms with van der Waals surface area (Å²) in [6, 6.07) is 10.2. The van der Waals surface area contributed by atoms with Gasteiger partial charge in [0.15, 0.2) is 0 Å². The second kappa shape index (κ2) is 8.00. The molecule has 0 unspecified atom stereocenters. The minimum absolute atomic E-state index is 0.975. The van der Waals surface area contributed by atoms with Crippen LogP contribution in [0.2, 0.25) is 0 Å². The van der Waals surface area contributed by atoms with Crippen LogP contribution in [0.1, 0.15) is 13.8 Å². The Morgan fingerprint density at radius 1 is 1.05 bits per heavy atom. The Hall–Kier alpha value is -2.28. The summed E-state index contributed by atoms with van der Waals surface area (Å²) in [7, 11) is 2.04. The van der Waals surface area contributed by atoms with Gasteiger partial charge in [0.05, 0.1) is 0 Å². The van der Waals surface area contributed by atoms with E-state index in [1.807, 2.05) is 63.4 Å². The van der Waals surface area contributed by atoms with Crippen molar-refractivity contribution in [2.75, 3.05) is 11.9 Å². The number of para-hydroxylation sites is 1. The van der Waals surface area contributed by atoms with Gasteiger partial charge in [-0.05, 0) is 37.6 Å². The number of hydrogen-bond donors (Lipinski definition) is 0. The third-order valence-corrected chi connectivity index (χ3v) is 3.02. The maximum Gasteiger partial charge on any atom is 0.0481 e. The van der Waals surface area contributed by atoms with Crippen LogP contribution in [0.25, 0.3) is 0 Å². The van der Waals surface area contributed by atoms with E-state index in [1.54, 1.807) is 0 Å². The van der Waals surface area contributed by atoms with Gasteiger partial charge in [0.25, 0.3) is 0 Å². The van der Waals surface area contributed by atoms with Crippen LogP contribution >= 0.6 is 0 Å². The van der Waals surface area contributed by atoms with Gasteiger partial charge in [-0.3, -0.25) is 0 Å². The summed E-state index contributed by atoms with van der Waals surface area (Å²) in [5.74, 6) is 0. The van der Waals surface area contributed by atoms with Gasteiger partial charge < -0.3 is 4.90 Å². The molecule has 1 heteroatoms. The molecule has 0 aliphatic carbocycles. The average Bonchev–Trinajstić information content (AvgIpc) is 2.48. The summed E-state index contributed by atoms with van der Waals surface area (Å²) in [6.45, 7) is 12.1. The van der Waals surface area contributed by atoms with Crippen molar-refractivity contribution in [2.24, 2.45) is 0 Å². The van der Waals surface area contributed by atoms with Crippen LogP contribution in [-0.2, 0) is 0 Å². The summed E-state index contributed by atoms with van der Waals surface area (Å²) in [6.07, 6.45) is 9.97. The van der Waals surface area contributed by atoms with E-state index in [1.165, 1.54) is 0 Å². The molecule has 0 bridgehead atoms. The molecule has 0 radical (unpaired) electrons. The average molecular weight is 265 g/mol. The molecule has 1 rings (SSSR count). The second-order valence-electron chi connectivity index (χ2n) is 4.42. The molecule has 0 N–H and O–H groups in total. The van der Waals surface area contributed by atoms with Crippen LogP contribution in [0, 0.1) is 0 Å². The molecule has 0 saturated carbocycles. The lowest BCUT2D eigenvalue weighted by Crippen LogP contribution is -2.17. The summed E-state index contributed by atoms with van der Waals surface area (Å²) < 4.78 is 0. The normalized spacial score (nSPS) is 12.6. The van der Waals surface area contributed by atoms with E-state index < -0.39 is 0 Å². The fraction of sp³-hybridized carbons (Fsp3) is 0.158. The standard InChI is InChI=1S/C19H23N/c1-6-12-16(4)18(13-7-2)19(8-3)20(5)17-14-10-9-11-15-17/h6-15H,3-4H2,1-2,5H3/b12-6-,13-7-,19-18-. The van der Waals surface area contributed by atoms with Gasteiger partial charge in [0, 0.05) is 24.0 Å². The van der Waals surface area contributed by atoms with Crippen LogP contribution in [0.3, 0.4) is 0 Å². The zero-order valence-corrected chi connectivity index (χ0v) is 12.6. The first-order valence-electron chi connectivity index (χ1n) is 6.75. The van der Waals surface area contributed by atoms with Crippen LogP contribution in [0.5, 0.6) is 0 Å². The third-order valence-electron chi connectivity index (χ3n) is 3.02. The van der Waals surface area contributed by atoms with Crippen molar-refractivity contribution in [3.63, 3.8) is 0 Å². The topological polar surface area (TPSA) is 3.24 Å². The van der Waals surface area contributed by atoms with E-state index in [9.17, 15) is 0 Å². The van der Waals surface area contributed by atoms with Gasteiger partial charge in [-0.1, -0.05) is 55.7 Å². The smallest absolute Gasteiger partial charge is 0.0481 e. The van der Waals surface area contributed by atoms with Crippen LogP contribution in [0.15, 0.2) is 90.7 Å². The molecule has 20 heavy (non-hydrogen) atoms. The molecule has 1 aromatic carbocycles. The zero-order chi connectivity index (χ0) is 15.0. The molecule has 104 valence electrons. The van der Waals surface area contributed by atoms with Gasteiger partial charge >= 0.3 is 0 Å². The Balaban J connectivity index is 3.33. The lowest BCUT2D eigenvalue weighted by molar-refractivity contribution is 1.12. The molecule has 0 aromatic heterocycles. The van der Waals surface area contributed by atoms with Crippen molar-refractivity contribution < 1.29 is 0 Å². The molecule has 0 saturated heterocycles. The first-order valence-corrected chi connectivity index (χ1v) is 6.75. The van der Waals surface area contributed by atoms with E-state index in [4.69, 9.17) is 0 Å². The molecule has 1 nitrogen and oxygen atoms in total. The SMILES string of the molecule is C=C/C(=C(\C=C/C)C(=C)/C=C\C)N(C)c1ccccc1. The van der Waals surface area contributed by atoms with Crippen molar-refractivity contribution in [1.29, 1.82) is 0 Å². The molecule has 0 spiro atoms. The molecular formula is C19H23N. The number of anilines is 1. The van der Waals surface area contributed by atoms with Crippen molar-refractivity contribution in [2.45, 2.75) is 13.8 Å². The summed E-state index contributed by atoms with van der Waals surface area (Å²) in [4.78, 5) is 2.12. The number of nitrogens with zero attached hydrogens (tertiary/aromatic N) is 1. The first kappa shape index (κ1) is 15.8. The number of benzene rings is 1. The maximum atomic E-state index is 4.14. The molecule has 0 aliphatic rings. The molecule has 1 aromatic rings. The van der Waals surface area contributed by atoms with E-state index >= 15 is 0 Å². The van der Waals surface area contributed by atoms with Gasteiger partial charge in [-0.2, -0.15) is 0 Å². The number of rotatable bonds is 6. The predicted molar refractivity (Wildman–Crippen MR) is 90.8 cm³/mol. The number of hydrogen-bond acceptors (Lipinski definition) is 1. The molecule has 0 amide bonds. The van der Waals surface area contributed by atoms with Gasteiger partial charge in [0.2, 0.25) is 0 Å². The lowest BCUT2D eigenvalue weighted by Gasteiger charge is -2.23. The van der Waals surface area contributed by atoms with E-state index in [2.05, 4.69) is 36.3 Å². The largest absolute Gasteiger partial charge is 0.344 e. The molecular weight excluding hydrogens is 242 g/mol. The summed E-state index contributed by atoms with van der Waals surface area (Å²) >= 11 is 0. The third kappa shape index (κ3) is 3.86. The highest BCUT2D eigenvalue weighted by atomic mass is 15.1. The van der Waals surface area contributed by atoms with Crippen molar-refractivity contribution in [1.82, 2.24) is 0 Å². The van der Waals surface area contributed by atoms with Gasteiger partial charge in [-0.15, -0.1) is 0 Å². The fourth-order valence-electron chi connectivity index (χ4n) is 2.03. The van der Waals surface area contributed by atoms with Crippen LogP contribution in [-0.4, -0.2) is 7.05 Å². The highest BCUT2D eigenvalue weighted by Gasteiger charge is 2.09. The molecule has 0 atom stereocenters. The lowest BCUT2D eigenvalue weighted by atomic mass is 10.0. The van der Waals surface area contributed by atoms with Crippen LogP contribution < -0.4 is 4.90 Å². The van der Waals surface area contributed by atoms with E-state index in [0.717, 1.165) is 22.5 Å². The van der Waals surface area contributed by atoms with Crippen molar-refractivity contribution in [3.05, 3.63) is 90.7 Å².